The van der Waals surface area contributed by atoms with Gasteiger partial charge in [-0.15, -0.1) is 0 Å². The molecule has 0 saturated carbocycles. The van der Waals surface area contributed by atoms with Gasteiger partial charge in [0, 0.05) is 36.3 Å². The zero-order chi connectivity index (χ0) is 18.5. The number of anilines is 1. The maximum absolute atomic E-state index is 13.0. The summed E-state index contributed by atoms with van der Waals surface area (Å²) in [6, 6.07) is 9.23. The number of Topliss-reactive ketones (excluding diaryl/α,β-unsaturated/α-hetero) is 1. The third-order valence-corrected chi connectivity index (χ3v) is 4.86. The van der Waals surface area contributed by atoms with Crippen molar-refractivity contribution in [3.8, 4) is 11.5 Å². The Kier molecular flexibility index (Phi) is 5.73. The quantitative estimate of drug-likeness (QED) is 0.803. The summed E-state index contributed by atoms with van der Waals surface area (Å²) in [5, 5.41) is 0. The Balaban J connectivity index is 1.71. The monoisotopic (exact) mass is 355 g/mol. The SMILES string of the molecule is COc1ccc(C(=O)C2CCCN(Cc3cccnc3N)C2)cc1OC. The lowest BCUT2D eigenvalue weighted by atomic mass is 9.89. The highest BCUT2D eigenvalue weighted by Gasteiger charge is 2.27. The summed E-state index contributed by atoms with van der Waals surface area (Å²) in [7, 11) is 3.16. The lowest BCUT2D eigenvalue weighted by molar-refractivity contribution is 0.0811. The first-order valence-electron chi connectivity index (χ1n) is 8.80. The zero-order valence-electron chi connectivity index (χ0n) is 15.3. The predicted molar refractivity (Wildman–Crippen MR) is 101 cm³/mol. The average molecular weight is 355 g/mol. The van der Waals surface area contributed by atoms with Gasteiger partial charge < -0.3 is 15.2 Å². The summed E-state index contributed by atoms with van der Waals surface area (Å²) in [4.78, 5) is 19.4. The second kappa shape index (κ2) is 8.19. The summed E-state index contributed by atoms with van der Waals surface area (Å²) in [5.41, 5.74) is 7.62. The molecule has 26 heavy (non-hydrogen) atoms. The number of hydrogen-bond donors (Lipinski definition) is 1. The Morgan fingerprint density at radius 2 is 2.08 bits per heavy atom. The van der Waals surface area contributed by atoms with Gasteiger partial charge in [-0.3, -0.25) is 9.69 Å². The Labute approximate surface area is 153 Å². The minimum Gasteiger partial charge on any atom is -0.493 e. The molecule has 0 aliphatic carbocycles. The molecule has 2 aromatic rings. The molecule has 1 fully saturated rings. The topological polar surface area (TPSA) is 77.7 Å². The van der Waals surface area contributed by atoms with E-state index >= 15 is 0 Å². The average Bonchev–Trinajstić information content (AvgIpc) is 2.69. The van der Waals surface area contributed by atoms with Crippen molar-refractivity contribution in [2.45, 2.75) is 19.4 Å². The number of ether oxygens (including phenoxy) is 2. The summed E-state index contributed by atoms with van der Waals surface area (Å²) < 4.78 is 10.6. The third kappa shape index (κ3) is 3.96. The number of likely N-dealkylation sites (tertiary alicyclic amines) is 1. The molecule has 138 valence electrons. The van der Waals surface area contributed by atoms with E-state index in [1.165, 1.54) is 0 Å². The molecule has 0 amide bonds. The second-order valence-electron chi connectivity index (χ2n) is 6.56. The molecule has 6 nitrogen and oxygen atoms in total. The summed E-state index contributed by atoms with van der Waals surface area (Å²) in [5.74, 6) is 1.88. The fraction of sp³-hybridized carbons (Fsp3) is 0.400. The minimum absolute atomic E-state index is 0.0280. The van der Waals surface area contributed by atoms with Crippen molar-refractivity contribution in [1.82, 2.24) is 9.88 Å². The van der Waals surface area contributed by atoms with E-state index in [2.05, 4.69) is 9.88 Å². The highest BCUT2D eigenvalue weighted by atomic mass is 16.5. The minimum atomic E-state index is -0.0280. The van der Waals surface area contributed by atoms with Crippen LogP contribution in [-0.2, 0) is 6.54 Å². The molecule has 3 rings (SSSR count). The molecule has 6 heteroatoms. The van der Waals surface area contributed by atoms with Crippen LogP contribution in [0.1, 0.15) is 28.8 Å². The number of ketones is 1. The Morgan fingerprint density at radius 1 is 1.27 bits per heavy atom. The molecule has 1 aliphatic rings. The van der Waals surface area contributed by atoms with E-state index in [4.69, 9.17) is 15.2 Å². The molecule has 0 bridgehead atoms. The Hall–Kier alpha value is -2.60. The number of piperidine rings is 1. The van der Waals surface area contributed by atoms with Crippen molar-refractivity contribution >= 4 is 11.6 Å². The highest BCUT2D eigenvalue weighted by Crippen LogP contribution is 2.30. The van der Waals surface area contributed by atoms with Crippen LogP contribution in [0.2, 0.25) is 0 Å². The van der Waals surface area contributed by atoms with E-state index in [-0.39, 0.29) is 11.7 Å². The molecule has 1 unspecified atom stereocenters. The van der Waals surface area contributed by atoms with Gasteiger partial charge in [0.05, 0.1) is 14.2 Å². The molecule has 1 aliphatic heterocycles. The van der Waals surface area contributed by atoms with Gasteiger partial charge in [0.15, 0.2) is 17.3 Å². The van der Waals surface area contributed by atoms with Gasteiger partial charge >= 0.3 is 0 Å². The van der Waals surface area contributed by atoms with E-state index in [9.17, 15) is 4.79 Å². The molecule has 1 saturated heterocycles. The van der Waals surface area contributed by atoms with Crippen molar-refractivity contribution in [3.05, 3.63) is 47.7 Å². The first-order valence-corrected chi connectivity index (χ1v) is 8.80. The zero-order valence-corrected chi connectivity index (χ0v) is 15.3. The van der Waals surface area contributed by atoms with Crippen LogP contribution in [0.3, 0.4) is 0 Å². The van der Waals surface area contributed by atoms with Crippen LogP contribution in [0.25, 0.3) is 0 Å². The standard InChI is InChI=1S/C20H25N3O3/c1-25-17-8-7-14(11-18(17)26-2)19(24)15-6-4-10-23(12-15)13-16-5-3-9-22-20(16)21/h3,5,7-9,11,15H,4,6,10,12-13H2,1-2H3,(H2,21,22). The number of nitrogens with two attached hydrogens (primary N) is 1. The first-order chi connectivity index (χ1) is 12.6. The largest absolute Gasteiger partial charge is 0.493 e. The molecule has 1 atom stereocenters. The smallest absolute Gasteiger partial charge is 0.167 e. The maximum atomic E-state index is 13.0. The van der Waals surface area contributed by atoms with Crippen LogP contribution in [0.4, 0.5) is 5.82 Å². The molecule has 1 aromatic carbocycles. The number of hydrogen-bond acceptors (Lipinski definition) is 6. The number of methoxy groups -OCH3 is 2. The summed E-state index contributed by atoms with van der Waals surface area (Å²) in [6.07, 6.45) is 3.58. The Bertz CT molecular complexity index is 779. The van der Waals surface area contributed by atoms with E-state index in [1.54, 1.807) is 32.5 Å². The first kappa shape index (κ1) is 18.2. The number of nitrogen functional groups attached to an aromatic ring is 1. The maximum Gasteiger partial charge on any atom is 0.167 e. The van der Waals surface area contributed by atoms with Crippen molar-refractivity contribution in [2.75, 3.05) is 33.0 Å². The number of benzene rings is 1. The van der Waals surface area contributed by atoms with Gasteiger partial charge in [0.1, 0.15) is 5.82 Å². The molecule has 0 spiro atoms. The number of nitrogens with zero attached hydrogens (tertiary/aromatic N) is 2. The van der Waals surface area contributed by atoms with Gasteiger partial charge in [-0.1, -0.05) is 6.07 Å². The van der Waals surface area contributed by atoms with Crippen LogP contribution < -0.4 is 15.2 Å². The molecule has 2 N–H and O–H groups in total. The number of carbonyl (C=O) groups excluding carboxylic acids is 1. The van der Waals surface area contributed by atoms with Gasteiger partial charge in [-0.2, -0.15) is 0 Å². The van der Waals surface area contributed by atoms with E-state index in [1.807, 2.05) is 18.2 Å². The van der Waals surface area contributed by atoms with Crippen LogP contribution in [-0.4, -0.2) is 43.0 Å². The van der Waals surface area contributed by atoms with Crippen LogP contribution >= 0.6 is 0 Å². The van der Waals surface area contributed by atoms with E-state index in [0.717, 1.165) is 38.0 Å². The van der Waals surface area contributed by atoms with Gasteiger partial charge in [0.25, 0.3) is 0 Å². The lowest BCUT2D eigenvalue weighted by Crippen LogP contribution is -2.38. The number of carbonyl (C=O) groups is 1. The predicted octanol–water partition coefficient (Wildman–Crippen LogP) is 2.78. The number of rotatable bonds is 6. The second-order valence-corrected chi connectivity index (χ2v) is 6.56. The molecular weight excluding hydrogens is 330 g/mol. The fourth-order valence-corrected chi connectivity index (χ4v) is 3.46. The third-order valence-electron chi connectivity index (χ3n) is 4.86. The fourth-order valence-electron chi connectivity index (χ4n) is 3.46. The molecule has 1 aromatic heterocycles. The van der Waals surface area contributed by atoms with Crippen molar-refractivity contribution in [2.24, 2.45) is 5.92 Å². The van der Waals surface area contributed by atoms with E-state index in [0.29, 0.717) is 22.9 Å². The van der Waals surface area contributed by atoms with Gasteiger partial charge in [-0.05, 0) is 43.7 Å². The lowest BCUT2D eigenvalue weighted by Gasteiger charge is -2.32. The molecular formula is C20H25N3O3. The number of pyridine rings is 1. The van der Waals surface area contributed by atoms with Gasteiger partial charge in [0.2, 0.25) is 0 Å². The normalized spacial score (nSPS) is 17.7. The molecule has 2 heterocycles. The number of aromatic nitrogens is 1. The highest BCUT2D eigenvalue weighted by molar-refractivity contribution is 5.98. The summed E-state index contributed by atoms with van der Waals surface area (Å²) in [6.45, 7) is 2.40. The van der Waals surface area contributed by atoms with Crippen molar-refractivity contribution < 1.29 is 14.3 Å². The Morgan fingerprint density at radius 3 is 2.81 bits per heavy atom. The molecule has 0 radical (unpaired) electrons. The van der Waals surface area contributed by atoms with Crippen LogP contribution in [0.15, 0.2) is 36.5 Å². The van der Waals surface area contributed by atoms with Crippen LogP contribution in [0.5, 0.6) is 11.5 Å². The van der Waals surface area contributed by atoms with Gasteiger partial charge in [-0.25, -0.2) is 4.98 Å². The van der Waals surface area contributed by atoms with E-state index < -0.39 is 0 Å². The van der Waals surface area contributed by atoms with Crippen molar-refractivity contribution in [1.29, 1.82) is 0 Å². The van der Waals surface area contributed by atoms with Crippen molar-refractivity contribution in [3.63, 3.8) is 0 Å². The summed E-state index contributed by atoms with van der Waals surface area (Å²) >= 11 is 0. The van der Waals surface area contributed by atoms with Crippen LogP contribution in [0, 0.1) is 5.92 Å².